The van der Waals surface area contributed by atoms with E-state index >= 15 is 0 Å². The number of nitrogens with zero attached hydrogens (tertiary/aromatic N) is 3. The molecular weight excluding hydrogens is 300 g/mol. The zero-order chi connectivity index (χ0) is 17.1. The number of fused-ring (bicyclic) bond motifs is 1. The largest absolute Gasteiger partial charge is 0.372 e. The average molecular weight is 322 g/mol. The molecule has 1 N–H and O–H groups in total. The molecule has 0 aliphatic carbocycles. The van der Waals surface area contributed by atoms with E-state index in [0.717, 1.165) is 35.8 Å². The maximum Gasteiger partial charge on any atom is 0.275 e. The lowest BCUT2D eigenvalue weighted by atomic mass is 10.2. The summed E-state index contributed by atoms with van der Waals surface area (Å²) in [4.78, 5) is 19.1. The van der Waals surface area contributed by atoms with Crippen LogP contribution in [0.25, 0.3) is 5.65 Å². The first-order chi connectivity index (χ1) is 11.6. The monoisotopic (exact) mass is 322 g/mol. The Morgan fingerprint density at radius 2 is 1.83 bits per heavy atom. The van der Waals surface area contributed by atoms with Crippen LogP contribution in [-0.4, -0.2) is 28.4 Å². The van der Waals surface area contributed by atoms with Gasteiger partial charge in [0.05, 0.1) is 0 Å². The lowest BCUT2D eigenvalue weighted by Gasteiger charge is -2.21. The third-order valence-corrected chi connectivity index (χ3v) is 4.18. The van der Waals surface area contributed by atoms with Crippen LogP contribution >= 0.6 is 0 Å². The fraction of sp³-hybridized carbons (Fsp3) is 0.263. The average Bonchev–Trinajstić information content (AvgIpc) is 3.03. The molecule has 0 saturated heterocycles. The minimum atomic E-state index is -0.200. The fourth-order valence-corrected chi connectivity index (χ4v) is 2.80. The summed E-state index contributed by atoms with van der Waals surface area (Å²) in [6, 6.07) is 13.7. The van der Waals surface area contributed by atoms with Crippen molar-refractivity contribution in [1.82, 2.24) is 9.38 Å². The van der Waals surface area contributed by atoms with E-state index in [9.17, 15) is 4.79 Å². The van der Waals surface area contributed by atoms with E-state index < -0.39 is 0 Å². The molecule has 0 aliphatic rings. The van der Waals surface area contributed by atoms with Gasteiger partial charge in [-0.1, -0.05) is 6.07 Å². The highest BCUT2D eigenvalue weighted by Gasteiger charge is 2.12. The van der Waals surface area contributed by atoms with Crippen LogP contribution in [0.2, 0.25) is 0 Å². The molecule has 0 fully saturated rings. The number of aryl methyl sites for hydroxylation is 1. The Morgan fingerprint density at radius 1 is 1.12 bits per heavy atom. The van der Waals surface area contributed by atoms with E-state index in [0.29, 0.717) is 5.69 Å². The highest BCUT2D eigenvalue weighted by molar-refractivity contribution is 6.03. The molecule has 1 amide bonds. The Kier molecular flexibility index (Phi) is 4.51. The smallest absolute Gasteiger partial charge is 0.275 e. The van der Waals surface area contributed by atoms with Gasteiger partial charge in [0.2, 0.25) is 0 Å². The van der Waals surface area contributed by atoms with Gasteiger partial charge in [-0.05, 0) is 57.2 Å². The Bertz CT molecular complexity index is 847. The third-order valence-electron chi connectivity index (χ3n) is 4.18. The summed E-state index contributed by atoms with van der Waals surface area (Å²) in [5.74, 6) is -0.200. The molecule has 0 bridgehead atoms. The molecule has 0 unspecified atom stereocenters. The van der Waals surface area contributed by atoms with Crippen molar-refractivity contribution in [3.05, 3.63) is 60.0 Å². The fourth-order valence-electron chi connectivity index (χ4n) is 2.80. The number of amides is 1. The van der Waals surface area contributed by atoms with Gasteiger partial charge < -0.3 is 14.6 Å². The second-order valence-corrected chi connectivity index (χ2v) is 5.69. The Morgan fingerprint density at radius 3 is 2.46 bits per heavy atom. The van der Waals surface area contributed by atoms with Crippen LogP contribution in [0.3, 0.4) is 0 Å². The SMILES string of the molecule is CCN(CC)c1ccc(NC(=O)c2cn3c(C)cccc3n2)cc1. The van der Waals surface area contributed by atoms with E-state index in [1.165, 1.54) is 0 Å². The van der Waals surface area contributed by atoms with Gasteiger partial charge in [0.15, 0.2) is 0 Å². The molecule has 124 valence electrons. The summed E-state index contributed by atoms with van der Waals surface area (Å²) in [7, 11) is 0. The van der Waals surface area contributed by atoms with Crippen molar-refractivity contribution < 1.29 is 4.79 Å². The van der Waals surface area contributed by atoms with Crippen molar-refractivity contribution in [3.63, 3.8) is 0 Å². The molecule has 5 nitrogen and oxygen atoms in total. The Labute approximate surface area is 141 Å². The molecular formula is C19H22N4O. The van der Waals surface area contributed by atoms with Gasteiger partial charge in [0.1, 0.15) is 11.3 Å². The molecule has 5 heteroatoms. The summed E-state index contributed by atoms with van der Waals surface area (Å²) >= 11 is 0. The summed E-state index contributed by atoms with van der Waals surface area (Å²) in [5, 5.41) is 2.91. The van der Waals surface area contributed by atoms with Crippen molar-refractivity contribution in [2.24, 2.45) is 0 Å². The van der Waals surface area contributed by atoms with Crippen LogP contribution in [0.15, 0.2) is 48.7 Å². The van der Waals surface area contributed by atoms with Gasteiger partial charge in [-0.25, -0.2) is 4.98 Å². The number of nitrogens with one attached hydrogen (secondary N) is 1. The molecule has 0 spiro atoms. The van der Waals surface area contributed by atoms with E-state index in [1.54, 1.807) is 6.20 Å². The number of anilines is 2. The third kappa shape index (κ3) is 3.11. The van der Waals surface area contributed by atoms with Crippen molar-refractivity contribution in [3.8, 4) is 0 Å². The highest BCUT2D eigenvalue weighted by Crippen LogP contribution is 2.18. The lowest BCUT2D eigenvalue weighted by molar-refractivity contribution is 0.102. The summed E-state index contributed by atoms with van der Waals surface area (Å²) in [6.45, 7) is 8.17. The van der Waals surface area contributed by atoms with Crippen molar-refractivity contribution in [2.45, 2.75) is 20.8 Å². The van der Waals surface area contributed by atoms with Gasteiger partial charge in [-0.2, -0.15) is 0 Å². The summed E-state index contributed by atoms with van der Waals surface area (Å²) in [5.41, 5.74) is 4.16. The van der Waals surface area contributed by atoms with Gasteiger partial charge in [0.25, 0.3) is 5.91 Å². The molecule has 0 saturated carbocycles. The van der Waals surface area contributed by atoms with Gasteiger partial charge in [0, 0.05) is 36.4 Å². The normalized spacial score (nSPS) is 10.8. The van der Waals surface area contributed by atoms with E-state index in [2.05, 4.69) is 29.0 Å². The van der Waals surface area contributed by atoms with Crippen LogP contribution in [0.4, 0.5) is 11.4 Å². The standard InChI is InChI=1S/C19H22N4O/c1-4-22(5-2)16-11-9-15(10-12-16)20-19(24)17-13-23-14(3)7-6-8-18(23)21-17/h6-13H,4-5H2,1-3H3,(H,20,24). The number of aromatic nitrogens is 2. The summed E-state index contributed by atoms with van der Waals surface area (Å²) in [6.07, 6.45) is 1.77. The van der Waals surface area contributed by atoms with Gasteiger partial charge in [-0.3, -0.25) is 4.79 Å². The first-order valence-electron chi connectivity index (χ1n) is 8.23. The van der Waals surface area contributed by atoms with Crippen molar-refractivity contribution in [2.75, 3.05) is 23.3 Å². The summed E-state index contributed by atoms with van der Waals surface area (Å²) < 4.78 is 1.92. The number of carbonyl (C=O) groups excluding carboxylic acids is 1. The van der Waals surface area contributed by atoms with Gasteiger partial charge in [-0.15, -0.1) is 0 Å². The van der Waals surface area contributed by atoms with Gasteiger partial charge >= 0.3 is 0 Å². The second-order valence-electron chi connectivity index (χ2n) is 5.69. The number of hydrogen-bond acceptors (Lipinski definition) is 3. The van der Waals surface area contributed by atoms with Crippen molar-refractivity contribution in [1.29, 1.82) is 0 Å². The maximum absolute atomic E-state index is 12.4. The Hall–Kier alpha value is -2.82. The van der Waals surface area contributed by atoms with Crippen LogP contribution in [0.1, 0.15) is 30.0 Å². The molecule has 0 atom stereocenters. The maximum atomic E-state index is 12.4. The number of pyridine rings is 1. The molecule has 0 radical (unpaired) electrons. The first kappa shape index (κ1) is 16.1. The second kappa shape index (κ2) is 6.74. The molecule has 0 aliphatic heterocycles. The van der Waals surface area contributed by atoms with E-state index in [1.807, 2.05) is 53.8 Å². The van der Waals surface area contributed by atoms with E-state index in [-0.39, 0.29) is 5.91 Å². The van der Waals surface area contributed by atoms with E-state index in [4.69, 9.17) is 0 Å². The molecule has 3 rings (SSSR count). The zero-order valence-corrected chi connectivity index (χ0v) is 14.3. The number of hydrogen-bond donors (Lipinski definition) is 1. The molecule has 1 aromatic carbocycles. The topological polar surface area (TPSA) is 49.6 Å². The lowest BCUT2D eigenvalue weighted by Crippen LogP contribution is -2.21. The molecule has 2 aromatic heterocycles. The Balaban J connectivity index is 1.77. The minimum Gasteiger partial charge on any atom is -0.372 e. The number of carbonyl (C=O) groups is 1. The highest BCUT2D eigenvalue weighted by atomic mass is 16.1. The minimum absolute atomic E-state index is 0.200. The van der Waals surface area contributed by atoms with Crippen LogP contribution < -0.4 is 10.2 Å². The van der Waals surface area contributed by atoms with Crippen LogP contribution in [-0.2, 0) is 0 Å². The molecule has 3 aromatic rings. The molecule has 2 heterocycles. The quantitative estimate of drug-likeness (QED) is 0.778. The predicted molar refractivity (Wildman–Crippen MR) is 97.9 cm³/mol. The van der Waals surface area contributed by atoms with Crippen LogP contribution in [0, 0.1) is 6.92 Å². The zero-order valence-electron chi connectivity index (χ0n) is 14.3. The first-order valence-corrected chi connectivity index (χ1v) is 8.23. The van der Waals surface area contributed by atoms with Crippen molar-refractivity contribution >= 4 is 22.9 Å². The number of benzene rings is 1. The number of rotatable bonds is 5. The number of imidazole rings is 1. The molecule has 24 heavy (non-hydrogen) atoms. The predicted octanol–water partition coefficient (Wildman–Crippen LogP) is 3.74. The van der Waals surface area contributed by atoms with Crippen LogP contribution in [0.5, 0.6) is 0 Å².